The van der Waals surface area contributed by atoms with Gasteiger partial charge in [0.2, 0.25) is 0 Å². The molecule has 0 aliphatic heterocycles. The minimum absolute atomic E-state index is 0. The van der Waals surface area contributed by atoms with Gasteiger partial charge in [0.15, 0.2) is 0 Å². The van der Waals surface area contributed by atoms with E-state index < -0.39 is 0 Å². The summed E-state index contributed by atoms with van der Waals surface area (Å²) in [7, 11) is 0. The fourth-order valence-corrected chi connectivity index (χ4v) is 5.69. The van der Waals surface area contributed by atoms with Gasteiger partial charge in [-0.3, -0.25) is 0 Å². The lowest BCUT2D eigenvalue weighted by molar-refractivity contribution is -0.397. The van der Waals surface area contributed by atoms with E-state index in [0.29, 0.717) is 0 Å². The van der Waals surface area contributed by atoms with E-state index in [9.17, 15) is 14.0 Å². The summed E-state index contributed by atoms with van der Waals surface area (Å²) in [6.07, 6.45) is 12.3. The Hall–Kier alpha value is -6.40. The van der Waals surface area contributed by atoms with Gasteiger partial charge in [-0.2, -0.15) is 13.5 Å². The van der Waals surface area contributed by atoms with Gasteiger partial charge in [-0.1, -0.05) is 75.3 Å². The number of aliphatic hydroxyl groups excluding tert-OH is 1. The van der Waals surface area contributed by atoms with Crippen LogP contribution in [-0.2, 0) is 11.5 Å². The number of benzene rings is 2. The predicted octanol–water partition coefficient (Wildman–Crippen LogP) is 12.0. The maximum Gasteiger partial charge on any atom is 0.123 e. The molecule has 2 aromatic rings. The highest BCUT2D eigenvalue weighted by Gasteiger charge is 2.28. The smallest absolute Gasteiger partial charge is 0.123 e. The Morgan fingerprint density at radius 3 is 1.54 bits per heavy atom. The molecule has 0 unspecified atom stereocenters. The summed E-state index contributed by atoms with van der Waals surface area (Å²) in [6, 6.07) is 13.6. The quantitative estimate of drug-likeness (QED) is 0.0969. The van der Waals surface area contributed by atoms with Crippen LogP contribution in [0.2, 0.25) is 0 Å². The normalized spacial score (nSPS) is 7.77. The molecule has 0 amide bonds. The van der Waals surface area contributed by atoms with Crippen molar-refractivity contribution in [2.45, 2.75) is 77.5 Å². The molecule has 0 aliphatic carbocycles. The average Bonchev–Trinajstić information content (AvgIpc) is 3.19. The molecule has 2 rings (SSSR count). The minimum Gasteiger partial charge on any atom is -0.396 e. The zero-order valence-corrected chi connectivity index (χ0v) is 34.3. The summed E-state index contributed by atoms with van der Waals surface area (Å²) in [6.45, 7) is 8.42. The summed E-state index contributed by atoms with van der Waals surface area (Å²) in [5.41, 5.74) is 3.43. The van der Waals surface area contributed by atoms with E-state index in [1.54, 1.807) is 35.9 Å². The zero-order valence-electron chi connectivity index (χ0n) is 32.4. The second-order valence-corrected chi connectivity index (χ2v) is 12.2. The number of hydrogen-bond donors (Lipinski definition) is 2. The molecule has 0 spiro atoms. The Morgan fingerprint density at radius 2 is 1.16 bits per heavy atom. The molecule has 316 valence electrons. The number of unbranched alkanes of at least 4 members (excludes halogenated alkanes) is 2. The molecule has 2 N–H and O–H groups in total. The van der Waals surface area contributed by atoms with Crippen LogP contribution in [0, 0.1) is 161 Å². The molecule has 0 saturated heterocycles. The van der Waals surface area contributed by atoms with Crippen molar-refractivity contribution in [1.82, 2.24) is 0 Å². The van der Waals surface area contributed by atoms with Crippen LogP contribution < -0.4 is 0 Å². The third-order valence-corrected chi connectivity index (χ3v) is 8.40. The first-order valence-electron chi connectivity index (χ1n) is 17.2. The Labute approximate surface area is 373 Å². The van der Waals surface area contributed by atoms with Crippen LogP contribution >= 0.6 is 25.3 Å². The van der Waals surface area contributed by atoms with Crippen LogP contribution in [0.3, 0.4) is 0 Å². The van der Waals surface area contributed by atoms with Crippen molar-refractivity contribution in [2.24, 2.45) is 5.41 Å². The van der Waals surface area contributed by atoms with Gasteiger partial charge in [0, 0.05) is 79.6 Å². The van der Waals surface area contributed by atoms with Crippen molar-refractivity contribution >= 4 is 25.3 Å². The van der Waals surface area contributed by atoms with Crippen molar-refractivity contribution in [1.29, 1.82) is 0 Å². The van der Waals surface area contributed by atoms with Crippen LogP contribution in [0.15, 0.2) is 47.4 Å². The summed E-state index contributed by atoms with van der Waals surface area (Å²) in [4.78, 5) is 1.13. The molecule has 2 aromatic carbocycles. The maximum atomic E-state index is 14.0. The SMILES string of the molecule is C#CC#CC#CC#CC#CC#CC#CC#CC#CC#CC#CC#CC.CCCCC(CO)(CCCC)CSc1ccc(F)cc1Cc1cccc(C)c1.OOF.S.[HH].[HH].[HH].[HH].[HH].[HH].[HH].[HH].[HH].[HH].[HH].[HH].[HH].[HH].[HH]. The van der Waals surface area contributed by atoms with E-state index in [1.165, 1.54) is 11.1 Å². The number of aliphatic hydroxyl groups is 1. The summed E-state index contributed by atoms with van der Waals surface area (Å²) >= 11 is 1.78. The fraction of sp³-hybridized carbons (Fsp3) is 0.280. The minimum atomic E-state index is -0.183. The molecule has 0 radical (unpaired) electrons. The first-order valence-corrected chi connectivity index (χ1v) is 18.2. The van der Waals surface area contributed by atoms with Gasteiger partial charge in [0.05, 0.1) is 0 Å². The number of aryl methyl sites for hydroxylation is 1. The van der Waals surface area contributed by atoms with E-state index in [4.69, 9.17) is 11.7 Å². The van der Waals surface area contributed by atoms with Gasteiger partial charge < -0.3 is 5.11 Å². The Balaban J connectivity index is -0.0000000440. The topological polar surface area (TPSA) is 49.7 Å². The number of hydrogen-bond acceptors (Lipinski definition) is 4. The molecule has 0 saturated carbocycles. The second kappa shape index (κ2) is 37.9. The molecule has 0 heterocycles. The van der Waals surface area contributed by atoms with E-state index in [1.807, 2.05) is 6.07 Å². The molecule has 57 heavy (non-hydrogen) atoms. The van der Waals surface area contributed by atoms with Crippen LogP contribution in [0.5, 0.6) is 0 Å². The number of thioether (sulfide) groups is 1. The summed E-state index contributed by atoms with van der Waals surface area (Å²) in [5.74, 6) is 57.6. The van der Waals surface area contributed by atoms with Crippen LogP contribution in [-0.4, -0.2) is 22.7 Å². The van der Waals surface area contributed by atoms with E-state index >= 15 is 0 Å². The van der Waals surface area contributed by atoms with E-state index in [-0.39, 0.29) is 52.7 Å². The number of rotatable bonds is 12. The molecule has 0 aromatic heterocycles. The number of terminal acetylenes is 1. The molecule has 0 fully saturated rings. The Bertz CT molecular complexity index is 2380. The van der Waals surface area contributed by atoms with Crippen molar-refractivity contribution in [3.8, 4) is 143 Å². The fourth-order valence-electron chi connectivity index (χ4n) is 4.37. The lowest BCUT2D eigenvalue weighted by atomic mass is 9.81. The van der Waals surface area contributed by atoms with Gasteiger partial charge in [0.25, 0.3) is 0 Å². The van der Waals surface area contributed by atoms with Gasteiger partial charge in [-0.25, -0.2) is 9.65 Å². The summed E-state index contributed by atoms with van der Waals surface area (Å²) in [5, 5.41) is 18.4. The van der Waals surface area contributed by atoms with Crippen LogP contribution in [0.25, 0.3) is 0 Å². The van der Waals surface area contributed by atoms with Gasteiger partial charge in [0.1, 0.15) is 5.82 Å². The highest BCUT2D eigenvalue weighted by molar-refractivity contribution is 7.99. The van der Waals surface area contributed by atoms with E-state index in [0.717, 1.165) is 61.2 Å². The van der Waals surface area contributed by atoms with E-state index in [2.05, 4.69) is 181 Å². The molecule has 3 nitrogen and oxygen atoms in total. The zero-order chi connectivity index (χ0) is 41.4. The lowest BCUT2D eigenvalue weighted by Gasteiger charge is -2.32. The first-order chi connectivity index (χ1) is 27.3. The second-order valence-electron chi connectivity index (χ2n) is 11.2. The van der Waals surface area contributed by atoms with Crippen molar-refractivity contribution in [3.63, 3.8) is 0 Å². The van der Waals surface area contributed by atoms with Gasteiger partial charge in [-0.15, -0.1) is 18.2 Å². The molecule has 7 heteroatoms. The van der Waals surface area contributed by atoms with Crippen molar-refractivity contribution in [2.75, 3.05) is 12.4 Å². The average molecular weight is 823 g/mol. The van der Waals surface area contributed by atoms with Gasteiger partial charge >= 0.3 is 0 Å². The maximum absolute atomic E-state index is 14.0. The Morgan fingerprint density at radius 1 is 0.719 bits per heavy atom. The third-order valence-electron chi connectivity index (χ3n) is 6.94. The number of halogens is 2. The standard InChI is InChI=1S/C25H35FOS.C25H4.FHO2.H2S.15H2/c1-4-6-13-25(18-27,14-7-5-2)19-28-24-12-11-23(26)17-22(24)16-21-10-8-9-20(3)15-21;1-3-5-7-9-11-13-15-17-19-21-23-25-24-22-20-18-16-14-12-10-8-6-4-2;1-3-2;;;;;;;;;;;;;;;;/h8-12,15,17,27H,4-7,13-14,16,18-19H2,1-3H3;1H,2H3;2H;1H2;15*1H. The molecule has 0 aliphatic rings. The molecular formula is C50H72F2O3S2. The predicted molar refractivity (Wildman–Crippen MR) is 267 cm³/mol. The Kier molecular flexibility index (Phi) is 35.0. The molecular weight excluding hydrogens is 751 g/mol. The van der Waals surface area contributed by atoms with Crippen molar-refractivity contribution in [3.05, 3.63) is 65.0 Å². The molecule has 0 bridgehead atoms. The lowest BCUT2D eigenvalue weighted by Crippen LogP contribution is -2.28. The monoisotopic (exact) mass is 822 g/mol. The van der Waals surface area contributed by atoms with Crippen LogP contribution in [0.4, 0.5) is 8.92 Å². The third kappa shape index (κ3) is 29.6. The highest BCUT2D eigenvalue weighted by Crippen LogP contribution is 2.38. The first kappa shape index (κ1) is 52.7. The highest BCUT2D eigenvalue weighted by atomic mass is 32.2. The summed E-state index contributed by atoms with van der Waals surface area (Å²) < 4.78 is 23.3. The van der Waals surface area contributed by atoms with Crippen LogP contribution in [0.1, 0.15) is 97.4 Å². The van der Waals surface area contributed by atoms with Gasteiger partial charge in [-0.05, 0) is 167 Å². The molecule has 0 atom stereocenters. The van der Waals surface area contributed by atoms with Crippen molar-refractivity contribution < 1.29 is 45.8 Å². The largest absolute Gasteiger partial charge is 0.396 e.